The lowest BCUT2D eigenvalue weighted by atomic mass is 10.2. The highest BCUT2D eigenvalue weighted by Gasteiger charge is 2.13. The second-order valence-electron chi connectivity index (χ2n) is 6.25. The van der Waals surface area contributed by atoms with Gasteiger partial charge in [-0.25, -0.2) is 9.97 Å². The first-order valence-corrected chi connectivity index (χ1v) is 9.20. The van der Waals surface area contributed by atoms with Crippen LogP contribution >= 0.6 is 0 Å². The summed E-state index contributed by atoms with van der Waals surface area (Å²) in [6, 6.07) is 12.9. The molecule has 0 saturated carbocycles. The van der Waals surface area contributed by atoms with E-state index in [0.29, 0.717) is 30.4 Å². The van der Waals surface area contributed by atoms with Crippen LogP contribution in [0.3, 0.4) is 0 Å². The van der Waals surface area contributed by atoms with Crippen molar-refractivity contribution in [3.63, 3.8) is 0 Å². The third-order valence-corrected chi connectivity index (χ3v) is 4.22. The van der Waals surface area contributed by atoms with Gasteiger partial charge in [0.25, 0.3) is 5.91 Å². The molecule has 148 valence electrons. The van der Waals surface area contributed by atoms with Gasteiger partial charge in [-0.2, -0.15) is 0 Å². The van der Waals surface area contributed by atoms with Crippen molar-refractivity contribution in [3.8, 4) is 17.2 Å². The predicted molar refractivity (Wildman–Crippen MR) is 107 cm³/mol. The second kappa shape index (κ2) is 8.47. The molecule has 2 N–H and O–H groups in total. The minimum absolute atomic E-state index is 0.246. The van der Waals surface area contributed by atoms with Crippen LogP contribution in [0.2, 0.25) is 0 Å². The van der Waals surface area contributed by atoms with E-state index in [0.717, 1.165) is 22.8 Å². The first-order valence-electron chi connectivity index (χ1n) is 9.20. The summed E-state index contributed by atoms with van der Waals surface area (Å²) in [5.41, 5.74) is 2.05. The lowest BCUT2D eigenvalue weighted by molar-refractivity contribution is 0.102. The van der Waals surface area contributed by atoms with E-state index < -0.39 is 0 Å². The maximum Gasteiger partial charge on any atom is 0.258 e. The van der Waals surface area contributed by atoms with Gasteiger partial charge < -0.3 is 24.8 Å². The molecule has 8 nitrogen and oxygen atoms in total. The number of anilines is 2. The van der Waals surface area contributed by atoms with E-state index >= 15 is 0 Å². The maximum atomic E-state index is 12.4. The Morgan fingerprint density at radius 2 is 1.83 bits per heavy atom. The minimum atomic E-state index is -0.281. The normalized spacial score (nSPS) is 11.8. The van der Waals surface area contributed by atoms with Crippen LogP contribution in [-0.4, -0.2) is 29.3 Å². The third kappa shape index (κ3) is 4.55. The fourth-order valence-electron chi connectivity index (χ4n) is 2.77. The third-order valence-electron chi connectivity index (χ3n) is 4.22. The summed E-state index contributed by atoms with van der Waals surface area (Å²) in [6.45, 7) is 3.28. The van der Waals surface area contributed by atoms with Crippen molar-refractivity contribution in [1.29, 1.82) is 0 Å². The highest BCUT2D eigenvalue weighted by Crippen LogP contribution is 2.32. The van der Waals surface area contributed by atoms with Gasteiger partial charge in [0.2, 0.25) is 12.7 Å². The number of ether oxygens (including phenoxy) is 3. The average Bonchev–Trinajstić information content (AvgIpc) is 3.22. The number of carbonyl (C=O) groups is 1. The Balaban J connectivity index is 1.32. The number of hydrogen-bond acceptors (Lipinski definition) is 7. The standard InChI is InChI=1S/C21H20N4O4/c1-2-27-17-6-4-16(5-7-17)25-20(26)15-11-23-21(24-12-15)22-10-14-3-8-18-19(9-14)29-13-28-18/h3-9,11-12H,2,10,13H2,1H3,(H,25,26)(H,22,23,24). The van der Waals surface area contributed by atoms with Gasteiger partial charge >= 0.3 is 0 Å². The minimum Gasteiger partial charge on any atom is -0.494 e. The van der Waals surface area contributed by atoms with Crippen molar-refractivity contribution >= 4 is 17.5 Å². The number of nitrogens with zero attached hydrogens (tertiary/aromatic N) is 2. The summed E-state index contributed by atoms with van der Waals surface area (Å²) >= 11 is 0. The van der Waals surface area contributed by atoms with Crippen LogP contribution in [0, 0.1) is 0 Å². The monoisotopic (exact) mass is 392 g/mol. The molecule has 8 heteroatoms. The summed E-state index contributed by atoms with van der Waals surface area (Å²) in [5, 5.41) is 5.93. The predicted octanol–water partition coefficient (Wildman–Crippen LogP) is 3.47. The van der Waals surface area contributed by atoms with E-state index in [9.17, 15) is 4.79 Å². The van der Waals surface area contributed by atoms with Crippen molar-refractivity contribution < 1.29 is 19.0 Å². The van der Waals surface area contributed by atoms with Crippen LogP contribution < -0.4 is 24.8 Å². The zero-order chi connectivity index (χ0) is 20.1. The van der Waals surface area contributed by atoms with E-state index in [4.69, 9.17) is 14.2 Å². The van der Waals surface area contributed by atoms with E-state index in [1.807, 2.05) is 25.1 Å². The molecule has 4 rings (SSSR count). The molecule has 1 aliphatic heterocycles. The number of hydrogen-bond donors (Lipinski definition) is 2. The zero-order valence-corrected chi connectivity index (χ0v) is 15.8. The quantitative estimate of drug-likeness (QED) is 0.636. The molecule has 2 aromatic carbocycles. The molecule has 0 atom stereocenters. The van der Waals surface area contributed by atoms with Crippen molar-refractivity contribution in [2.75, 3.05) is 24.0 Å². The maximum absolute atomic E-state index is 12.4. The van der Waals surface area contributed by atoms with Gasteiger partial charge in [0.15, 0.2) is 11.5 Å². The molecule has 1 aromatic heterocycles. The largest absolute Gasteiger partial charge is 0.494 e. The van der Waals surface area contributed by atoms with Gasteiger partial charge in [0, 0.05) is 24.6 Å². The molecule has 1 aliphatic rings. The van der Waals surface area contributed by atoms with Crippen molar-refractivity contribution in [2.45, 2.75) is 13.5 Å². The highest BCUT2D eigenvalue weighted by molar-refractivity contribution is 6.03. The SMILES string of the molecule is CCOc1ccc(NC(=O)c2cnc(NCc3ccc4c(c3)OCO4)nc2)cc1. The molecular weight excluding hydrogens is 372 g/mol. The number of amides is 1. The van der Waals surface area contributed by atoms with Crippen LogP contribution in [0.1, 0.15) is 22.8 Å². The van der Waals surface area contributed by atoms with Crippen LogP contribution in [0.15, 0.2) is 54.9 Å². The van der Waals surface area contributed by atoms with E-state index in [-0.39, 0.29) is 12.7 Å². The van der Waals surface area contributed by atoms with Gasteiger partial charge in [-0.15, -0.1) is 0 Å². The van der Waals surface area contributed by atoms with E-state index in [1.165, 1.54) is 12.4 Å². The van der Waals surface area contributed by atoms with Crippen LogP contribution in [-0.2, 0) is 6.54 Å². The molecular formula is C21H20N4O4. The van der Waals surface area contributed by atoms with Crippen LogP contribution in [0.25, 0.3) is 0 Å². The molecule has 0 radical (unpaired) electrons. The number of benzene rings is 2. The Bertz CT molecular complexity index is 991. The lowest BCUT2D eigenvalue weighted by Crippen LogP contribution is -2.13. The summed E-state index contributed by atoms with van der Waals surface area (Å²) in [6.07, 6.45) is 2.97. The summed E-state index contributed by atoms with van der Waals surface area (Å²) in [7, 11) is 0. The van der Waals surface area contributed by atoms with E-state index in [2.05, 4.69) is 20.6 Å². The number of rotatable bonds is 7. The van der Waals surface area contributed by atoms with E-state index in [1.54, 1.807) is 24.3 Å². The van der Waals surface area contributed by atoms with Crippen molar-refractivity contribution in [3.05, 3.63) is 66.0 Å². The first-order chi connectivity index (χ1) is 14.2. The summed E-state index contributed by atoms with van der Waals surface area (Å²) in [5.74, 6) is 2.38. The molecule has 0 unspecified atom stereocenters. The van der Waals surface area contributed by atoms with Gasteiger partial charge in [-0.05, 0) is 48.9 Å². The topological polar surface area (TPSA) is 94.6 Å². The molecule has 2 heterocycles. The first kappa shape index (κ1) is 18.5. The van der Waals surface area contributed by atoms with Gasteiger partial charge in [0.1, 0.15) is 5.75 Å². The van der Waals surface area contributed by atoms with Gasteiger partial charge in [0.05, 0.1) is 12.2 Å². The van der Waals surface area contributed by atoms with Crippen molar-refractivity contribution in [1.82, 2.24) is 9.97 Å². The number of nitrogens with one attached hydrogen (secondary N) is 2. The Hall–Kier alpha value is -3.81. The Labute approximate surface area is 167 Å². The summed E-state index contributed by atoms with van der Waals surface area (Å²) < 4.78 is 16.1. The number of aromatic nitrogens is 2. The fourth-order valence-corrected chi connectivity index (χ4v) is 2.77. The molecule has 1 amide bonds. The molecule has 0 spiro atoms. The number of fused-ring (bicyclic) bond motifs is 1. The average molecular weight is 392 g/mol. The Kier molecular flexibility index (Phi) is 5.42. The van der Waals surface area contributed by atoms with Gasteiger partial charge in [-0.1, -0.05) is 6.07 Å². The molecule has 0 bridgehead atoms. The lowest BCUT2D eigenvalue weighted by Gasteiger charge is -2.08. The smallest absolute Gasteiger partial charge is 0.258 e. The van der Waals surface area contributed by atoms with Gasteiger partial charge in [-0.3, -0.25) is 4.79 Å². The molecule has 0 saturated heterocycles. The number of carbonyl (C=O) groups excluding carboxylic acids is 1. The second-order valence-corrected chi connectivity index (χ2v) is 6.25. The molecule has 3 aromatic rings. The van der Waals surface area contributed by atoms with Crippen molar-refractivity contribution in [2.24, 2.45) is 0 Å². The van der Waals surface area contributed by atoms with Crippen LogP contribution in [0.5, 0.6) is 17.2 Å². The Morgan fingerprint density at radius 1 is 1.07 bits per heavy atom. The molecule has 29 heavy (non-hydrogen) atoms. The molecule has 0 fully saturated rings. The summed E-state index contributed by atoms with van der Waals surface area (Å²) in [4.78, 5) is 20.8. The van der Waals surface area contributed by atoms with Crippen LogP contribution in [0.4, 0.5) is 11.6 Å². The Morgan fingerprint density at radius 3 is 2.59 bits per heavy atom. The molecule has 0 aliphatic carbocycles. The highest BCUT2D eigenvalue weighted by atomic mass is 16.7. The fraction of sp³-hybridized carbons (Fsp3) is 0.190. The zero-order valence-electron chi connectivity index (χ0n) is 15.8.